The van der Waals surface area contributed by atoms with Crippen molar-refractivity contribution in [1.29, 1.82) is 0 Å². The predicted octanol–water partition coefficient (Wildman–Crippen LogP) is 6.01. The molecule has 6 heteroatoms. The van der Waals surface area contributed by atoms with Gasteiger partial charge in [0.05, 0.1) is 0 Å². The minimum atomic E-state index is 0.0470. The van der Waals surface area contributed by atoms with Crippen molar-refractivity contribution in [3.8, 4) is 0 Å². The molecule has 0 spiro atoms. The molecule has 1 heterocycles. The number of hydrogen-bond donors (Lipinski definition) is 0. The highest BCUT2D eigenvalue weighted by Gasteiger charge is 2.20. The lowest BCUT2D eigenvalue weighted by Gasteiger charge is -2.35. The number of aldehydes is 1. The Hall–Kier alpha value is -2.34. The third-order valence-corrected chi connectivity index (χ3v) is 6.18. The Balaban J connectivity index is 0.000000707. The standard InChI is InChI=1S/C17H24N2O2.C10H18O2.C2H6/c1-3-4-8-17(21)14-6-5-7-16(15(14)13-20)19-11-9-18(2)10-12-19;1-4-5-10(12)7-6-8(2)9(3)11;1-2/h5-7,13H,3-4,8-12H2,1-2H3;8H,4-7H2,1-3H3;1-2H3. The van der Waals surface area contributed by atoms with Crippen LogP contribution in [0.4, 0.5) is 5.69 Å². The van der Waals surface area contributed by atoms with Gasteiger partial charge in [-0.2, -0.15) is 0 Å². The fourth-order valence-corrected chi connectivity index (χ4v) is 3.70. The van der Waals surface area contributed by atoms with E-state index in [0.29, 0.717) is 36.8 Å². The van der Waals surface area contributed by atoms with Crippen LogP contribution in [-0.2, 0) is 9.59 Å². The molecule has 1 aliphatic heterocycles. The van der Waals surface area contributed by atoms with Gasteiger partial charge >= 0.3 is 0 Å². The molecule has 1 unspecified atom stereocenters. The summed E-state index contributed by atoms with van der Waals surface area (Å²) in [5.74, 6) is 0.589. The van der Waals surface area contributed by atoms with E-state index in [1.807, 2.05) is 39.8 Å². The maximum absolute atomic E-state index is 12.3. The van der Waals surface area contributed by atoms with Gasteiger partial charge in [0.25, 0.3) is 0 Å². The van der Waals surface area contributed by atoms with Crippen LogP contribution >= 0.6 is 0 Å². The number of carbonyl (C=O) groups is 4. The number of carbonyl (C=O) groups excluding carboxylic acids is 4. The van der Waals surface area contributed by atoms with Gasteiger partial charge < -0.3 is 9.80 Å². The molecule has 1 aromatic carbocycles. The molecule has 1 aliphatic rings. The average Bonchev–Trinajstić information content (AvgIpc) is 2.87. The molecule has 1 aromatic rings. The molecule has 0 aliphatic carbocycles. The van der Waals surface area contributed by atoms with Crippen molar-refractivity contribution in [2.24, 2.45) is 5.92 Å². The van der Waals surface area contributed by atoms with E-state index in [1.165, 1.54) is 0 Å². The number of rotatable bonds is 12. The SMILES string of the molecule is CC.CCCC(=O)CCC(C)C(C)=O.CCCCC(=O)c1cccc(N2CCN(C)CC2)c1C=O. The molecule has 0 aromatic heterocycles. The molecule has 1 saturated heterocycles. The maximum atomic E-state index is 12.3. The van der Waals surface area contributed by atoms with Crippen molar-refractivity contribution in [3.63, 3.8) is 0 Å². The number of hydrogen-bond acceptors (Lipinski definition) is 6. The highest BCUT2D eigenvalue weighted by molar-refractivity contribution is 6.05. The minimum absolute atomic E-state index is 0.0470. The monoisotopic (exact) mass is 488 g/mol. The second kappa shape index (κ2) is 18.9. The zero-order valence-corrected chi connectivity index (χ0v) is 23.2. The van der Waals surface area contributed by atoms with Gasteiger partial charge in [-0.3, -0.25) is 19.2 Å². The molecule has 0 amide bonds. The summed E-state index contributed by atoms with van der Waals surface area (Å²) in [6.07, 6.45) is 6.06. The number of Topliss-reactive ketones (excluding diaryl/α,β-unsaturated/α-hetero) is 3. The highest BCUT2D eigenvalue weighted by Crippen LogP contribution is 2.25. The lowest BCUT2D eigenvalue weighted by atomic mass is 9.98. The Labute approximate surface area is 213 Å². The molecule has 0 radical (unpaired) electrons. The van der Waals surface area contributed by atoms with E-state index in [9.17, 15) is 19.2 Å². The normalized spacial score (nSPS) is 14.1. The van der Waals surface area contributed by atoms with Crippen LogP contribution in [-0.4, -0.2) is 61.8 Å². The molecule has 6 nitrogen and oxygen atoms in total. The van der Waals surface area contributed by atoms with Gasteiger partial charge in [-0.25, -0.2) is 0 Å². The van der Waals surface area contributed by atoms with Crippen LogP contribution in [0.5, 0.6) is 0 Å². The highest BCUT2D eigenvalue weighted by atomic mass is 16.1. The van der Waals surface area contributed by atoms with Crippen LogP contribution in [0.15, 0.2) is 18.2 Å². The van der Waals surface area contributed by atoms with Crippen molar-refractivity contribution < 1.29 is 19.2 Å². The Bertz CT molecular complexity index is 783. The lowest BCUT2D eigenvalue weighted by Crippen LogP contribution is -2.44. The van der Waals surface area contributed by atoms with Crippen LogP contribution < -0.4 is 4.90 Å². The topological polar surface area (TPSA) is 74.8 Å². The quantitative estimate of drug-likeness (QED) is 0.265. The number of ketones is 3. The number of nitrogens with zero attached hydrogens (tertiary/aromatic N) is 2. The first-order valence-electron chi connectivity index (χ1n) is 13.3. The first-order valence-corrected chi connectivity index (χ1v) is 13.3. The molecule has 0 N–H and O–H groups in total. The van der Waals surface area contributed by atoms with E-state index in [1.54, 1.807) is 13.0 Å². The fourth-order valence-electron chi connectivity index (χ4n) is 3.70. The van der Waals surface area contributed by atoms with Gasteiger partial charge in [0.1, 0.15) is 11.6 Å². The van der Waals surface area contributed by atoms with Crippen LogP contribution in [0.1, 0.15) is 107 Å². The lowest BCUT2D eigenvalue weighted by molar-refractivity contribution is -0.121. The average molecular weight is 489 g/mol. The van der Waals surface area contributed by atoms with Crippen LogP contribution in [0.2, 0.25) is 0 Å². The summed E-state index contributed by atoms with van der Waals surface area (Å²) < 4.78 is 0. The zero-order valence-electron chi connectivity index (χ0n) is 23.2. The molecule has 1 fully saturated rings. The number of piperazine rings is 1. The van der Waals surface area contributed by atoms with E-state index in [2.05, 4.69) is 23.8 Å². The summed E-state index contributed by atoms with van der Waals surface area (Å²) in [5.41, 5.74) is 2.04. The molecule has 0 bridgehead atoms. The smallest absolute Gasteiger partial charge is 0.163 e. The summed E-state index contributed by atoms with van der Waals surface area (Å²) in [7, 11) is 2.10. The summed E-state index contributed by atoms with van der Waals surface area (Å²) in [5, 5.41) is 0. The molecular weight excluding hydrogens is 440 g/mol. The third kappa shape index (κ3) is 12.3. The van der Waals surface area contributed by atoms with Gasteiger partial charge in [0.15, 0.2) is 12.1 Å². The van der Waals surface area contributed by atoms with E-state index in [0.717, 1.165) is 57.4 Å². The van der Waals surface area contributed by atoms with Gasteiger partial charge in [-0.05, 0) is 39.3 Å². The van der Waals surface area contributed by atoms with Crippen molar-refractivity contribution >= 4 is 29.3 Å². The van der Waals surface area contributed by atoms with Crippen molar-refractivity contribution in [3.05, 3.63) is 29.3 Å². The summed E-state index contributed by atoms with van der Waals surface area (Å²) in [6, 6.07) is 5.62. The Morgan fingerprint density at radius 1 is 0.971 bits per heavy atom. The number of unbranched alkanes of at least 4 members (excludes halogenated alkanes) is 1. The Morgan fingerprint density at radius 3 is 2.11 bits per heavy atom. The Kier molecular flexibility index (Phi) is 17.7. The fraction of sp³-hybridized carbons (Fsp3) is 0.655. The third-order valence-electron chi connectivity index (χ3n) is 6.18. The van der Waals surface area contributed by atoms with Crippen molar-refractivity contribution in [2.75, 3.05) is 38.1 Å². The van der Waals surface area contributed by atoms with E-state index < -0.39 is 0 Å². The molecular formula is C29H48N2O4. The largest absolute Gasteiger partial charge is 0.368 e. The number of likely N-dealkylation sites (N-methyl/N-ethyl adjacent to an activating group) is 1. The van der Waals surface area contributed by atoms with Crippen LogP contribution in [0.25, 0.3) is 0 Å². The van der Waals surface area contributed by atoms with Gasteiger partial charge in [-0.1, -0.05) is 53.2 Å². The van der Waals surface area contributed by atoms with Crippen LogP contribution in [0, 0.1) is 5.92 Å². The van der Waals surface area contributed by atoms with E-state index >= 15 is 0 Å². The first kappa shape index (κ1) is 32.7. The number of anilines is 1. The van der Waals surface area contributed by atoms with Crippen LogP contribution in [0.3, 0.4) is 0 Å². The van der Waals surface area contributed by atoms with Crippen molar-refractivity contribution in [1.82, 2.24) is 4.90 Å². The van der Waals surface area contributed by atoms with Gasteiger partial charge in [0, 0.05) is 68.2 Å². The van der Waals surface area contributed by atoms with Gasteiger partial charge in [-0.15, -0.1) is 0 Å². The van der Waals surface area contributed by atoms with Crippen molar-refractivity contribution in [2.45, 2.75) is 86.5 Å². The first-order chi connectivity index (χ1) is 16.7. The molecule has 35 heavy (non-hydrogen) atoms. The van der Waals surface area contributed by atoms with E-state index in [-0.39, 0.29) is 23.3 Å². The second-order valence-corrected chi connectivity index (χ2v) is 9.01. The predicted molar refractivity (Wildman–Crippen MR) is 146 cm³/mol. The maximum Gasteiger partial charge on any atom is 0.163 e. The summed E-state index contributed by atoms with van der Waals surface area (Å²) >= 11 is 0. The van der Waals surface area contributed by atoms with Gasteiger partial charge in [0.2, 0.25) is 0 Å². The molecule has 198 valence electrons. The van der Waals surface area contributed by atoms with E-state index in [4.69, 9.17) is 0 Å². The Morgan fingerprint density at radius 2 is 1.60 bits per heavy atom. The minimum Gasteiger partial charge on any atom is -0.368 e. The molecule has 0 saturated carbocycles. The summed E-state index contributed by atoms with van der Waals surface area (Å²) in [4.78, 5) is 50.2. The summed E-state index contributed by atoms with van der Waals surface area (Å²) in [6.45, 7) is 15.3. The second-order valence-electron chi connectivity index (χ2n) is 9.01. The molecule has 1 atom stereocenters. The number of benzene rings is 1. The molecule has 2 rings (SSSR count). The zero-order chi connectivity index (χ0) is 26.8.